The van der Waals surface area contributed by atoms with Crippen molar-refractivity contribution in [3.05, 3.63) is 77.0 Å². The Morgan fingerprint density at radius 2 is 1.92 bits per heavy atom. The molecule has 3 rings (SSSR count). The van der Waals surface area contributed by atoms with Gasteiger partial charge in [0.2, 0.25) is 5.91 Å². The molecule has 1 atom stereocenters. The van der Waals surface area contributed by atoms with Crippen LogP contribution in [0.15, 0.2) is 65.9 Å². The molecule has 0 bridgehead atoms. The van der Waals surface area contributed by atoms with Gasteiger partial charge in [0.25, 0.3) is 0 Å². The van der Waals surface area contributed by atoms with E-state index in [1.807, 2.05) is 61.5 Å². The molecule has 1 aliphatic rings. The first-order valence-electron chi connectivity index (χ1n) is 8.40. The minimum Gasteiger partial charge on any atom is -0.497 e. The largest absolute Gasteiger partial charge is 0.497 e. The first-order valence-corrected chi connectivity index (χ1v) is 8.40. The number of nitrogens with one attached hydrogen (secondary N) is 1. The second kappa shape index (κ2) is 7.34. The van der Waals surface area contributed by atoms with Crippen LogP contribution in [0.5, 0.6) is 5.75 Å². The molecule has 25 heavy (non-hydrogen) atoms. The Morgan fingerprint density at radius 3 is 2.60 bits per heavy atom. The van der Waals surface area contributed by atoms with Gasteiger partial charge < -0.3 is 10.1 Å². The molecule has 0 spiro atoms. The molecule has 0 saturated carbocycles. The van der Waals surface area contributed by atoms with E-state index in [0.29, 0.717) is 29.0 Å². The number of amides is 1. The maximum atomic E-state index is 13.2. The number of hydrogen-bond donors (Lipinski definition) is 1. The molecule has 1 heterocycles. The lowest BCUT2D eigenvalue weighted by atomic mass is 9.80. The van der Waals surface area contributed by atoms with Gasteiger partial charge in [0, 0.05) is 29.2 Å². The van der Waals surface area contributed by atoms with Crippen LogP contribution in [-0.2, 0) is 4.79 Å². The summed E-state index contributed by atoms with van der Waals surface area (Å²) < 4.78 is 5.30. The van der Waals surface area contributed by atoms with Crippen molar-refractivity contribution in [2.45, 2.75) is 25.7 Å². The Labute approximate surface area is 147 Å². The van der Waals surface area contributed by atoms with Crippen molar-refractivity contribution < 1.29 is 14.3 Å². The number of hydrogen-bond acceptors (Lipinski definition) is 3. The van der Waals surface area contributed by atoms with Crippen LogP contribution in [0.1, 0.15) is 41.6 Å². The van der Waals surface area contributed by atoms with Crippen LogP contribution in [0.4, 0.5) is 0 Å². The van der Waals surface area contributed by atoms with Gasteiger partial charge in [-0.25, -0.2) is 0 Å². The summed E-state index contributed by atoms with van der Waals surface area (Å²) in [6, 6.07) is 16.8. The second-order valence-corrected chi connectivity index (χ2v) is 6.02. The molecule has 1 amide bonds. The summed E-state index contributed by atoms with van der Waals surface area (Å²) >= 11 is 0. The van der Waals surface area contributed by atoms with E-state index in [2.05, 4.69) is 5.32 Å². The SMILES string of the molecule is CCC1=C(C(=O)c2ccccc2)C(c2cccc(OC)c2)CC(=O)N1. The van der Waals surface area contributed by atoms with Crippen molar-refractivity contribution in [3.63, 3.8) is 0 Å². The van der Waals surface area contributed by atoms with Gasteiger partial charge in [-0.15, -0.1) is 0 Å². The summed E-state index contributed by atoms with van der Waals surface area (Å²) in [6.45, 7) is 1.95. The number of ketones is 1. The molecule has 0 radical (unpaired) electrons. The minimum atomic E-state index is -0.272. The predicted molar refractivity (Wildman–Crippen MR) is 96.6 cm³/mol. The van der Waals surface area contributed by atoms with Gasteiger partial charge in [-0.1, -0.05) is 49.4 Å². The number of ether oxygens (including phenoxy) is 1. The quantitative estimate of drug-likeness (QED) is 0.845. The van der Waals surface area contributed by atoms with E-state index in [4.69, 9.17) is 4.74 Å². The van der Waals surface area contributed by atoms with Gasteiger partial charge in [0.1, 0.15) is 5.75 Å². The molecule has 0 saturated heterocycles. The molecule has 0 aliphatic carbocycles. The Kier molecular flexibility index (Phi) is 4.98. The number of rotatable bonds is 5. The van der Waals surface area contributed by atoms with Crippen LogP contribution < -0.4 is 10.1 Å². The van der Waals surface area contributed by atoms with Crippen molar-refractivity contribution in [2.75, 3.05) is 7.11 Å². The van der Waals surface area contributed by atoms with Crippen LogP contribution in [0.2, 0.25) is 0 Å². The maximum Gasteiger partial charge on any atom is 0.225 e. The molecular weight excluding hydrogens is 314 g/mol. The highest BCUT2D eigenvalue weighted by molar-refractivity contribution is 6.11. The summed E-state index contributed by atoms with van der Waals surface area (Å²) in [4.78, 5) is 25.4. The van der Waals surface area contributed by atoms with Gasteiger partial charge in [-0.3, -0.25) is 9.59 Å². The van der Waals surface area contributed by atoms with Gasteiger partial charge >= 0.3 is 0 Å². The normalized spacial score (nSPS) is 17.2. The van der Waals surface area contributed by atoms with E-state index in [0.717, 1.165) is 5.56 Å². The third-order valence-electron chi connectivity index (χ3n) is 4.48. The molecule has 1 N–H and O–H groups in total. The highest BCUT2D eigenvalue weighted by Gasteiger charge is 2.33. The van der Waals surface area contributed by atoms with E-state index in [9.17, 15) is 9.59 Å². The Bertz CT molecular complexity index is 824. The van der Waals surface area contributed by atoms with Crippen LogP contribution in [0, 0.1) is 0 Å². The summed E-state index contributed by atoms with van der Waals surface area (Å²) in [5.74, 6) is 0.346. The van der Waals surface area contributed by atoms with E-state index >= 15 is 0 Å². The summed E-state index contributed by atoms with van der Waals surface area (Å²) in [7, 11) is 1.61. The van der Waals surface area contributed by atoms with Gasteiger partial charge in [0.05, 0.1) is 7.11 Å². The van der Waals surface area contributed by atoms with Crippen molar-refractivity contribution in [1.29, 1.82) is 0 Å². The first kappa shape index (κ1) is 17.0. The zero-order valence-electron chi connectivity index (χ0n) is 14.4. The Balaban J connectivity index is 2.10. The molecule has 0 aromatic heterocycles. The average molecular weight is 335 g/mol. The Morgan fingerprint density at radius 1 is 1.16 bits per heavy atom. The fraction of sp³-hybridized carbons (Fsp3) is 0.238. The smallest absolute Gasteiger partial charge is 0.225 e. The molecule has 4 heteroatoms. The van der Waals surface area contributed by atoms with E-state index < -0.39 is 0 Å². The zero-order valence-corrected chi connectivity index (χ0v) is 14.4. The summed E-state index contributed by atoms with van der Waals surface area (Å²) in [6.07, 6.45) is 0.852. The van der Waals surface area contributed by atoms with Crippen LogP contribution >= 0.6 is 0 Å². The van der Waals surface area contributed by atoms with Crippen LogP contribution in [-0.4, -0.2) is 18.8 Å². The third kappa shape index (κ3) is 3.48. The lowest BCUT2D eigenvalue weighted by Gasteiger charge is -2.28. The molecule has 128 valence electrons. The van der Waals surface area contributed by atoms with E-state index in [1.54, 1.807) is 7.11 Å². The van der Waals surface area contributed by atoms with Gasteiger partial charge in [-0.2, -0.15) is 0 Å². The summed E-state index contributed by atoms with van der Waals surface area (Å²) in [5, 5.41) is 2.88. The third-order valence-corrected chi connectivity index (χ3v) is 4.48. The van der Waals surface area contributed by atoms with Crippen molar-refractivity contribution in [1.82, 2.24) is 5.32 Å². The highest BCUT2D eigenvalue weighted by atomic mass is 16.5. The summed E-state index contributed by atoms with van der Waals surface area (Å²) in [5.41, 5.74) is 2.92. The molecule has 2 aromatic carbocycles. The molecule has 0 fully saturated rings. The number of carbonyl (C=O) groups is 2. The topological polar surface area (TPSA) is 55.4 Å². The van der Waals surface area contributed by atoms with Gasteiger partial charge in [0.15, 0.2) is 5.78 Å². The lowest BCUT2D eigenvalue weighted by molar-refractivity contribution is -0.121. The van der Waals surface area contributed by atoms with E-state index in [-0.39, 0.29) is 24.0 Å². The molecule has 1 aliphatic heterocycles. The van der Waals surface area contributed by atoms with Gasteiger partial charge in [-0.05, 0) is 24.1 Å². The monoisotopic (exact) mass is 335 g/mol. The predicted octanol–water partition coefficient (Wildman–Crippen LogP) is 3.85. The number of Topliss-reactive ketones (excluding diaryl/α,β-unsaturated/α-hetero) is 1. The second-order valence-electron chi connectivity index (χ2n) is 6.02. The standard InChI is InChI=1S/C21H21NO3/c1-3-18-20(21(24)14-8-5-4-6-9-14)17(13-19(23)22-18)15-10-7-11-16(12-15)25-2/h4-12,17H,3,13H2,1-2H3,(H,22,23). The average Bonchev–Trinajstić information content (AvgIpc) is 2.67. The molecule has 1 unspecified atom stereocenters. The lowest BCUT2D eigenvalue weighted by Crippen LogP contribution is -2.34. The highest BCUT2D eigenvalue weighted by Crippen LogP contribution is 2.36. The molecule has 4 nitrogen and oxygen atoms in total. The minimum absolute atomic E-state index is 0.0368. The van der Waals surface area contributed by atoms with Crippen molar-refractivity contribution in [2.24, 2.45) is 0 Å². The maximum absolute atomic E-state index is 13.2. The van der Waals surface area contributed by atoms with Crippen molar-refractivity contribution in [3.8, 4) is 5.75 Å². The number of carbonyl (C=O) groups excluding carboxylic acids is 2. The fourth-order valence-electron chi connectivity index (χ4n) is 3.25. The Hall–Kier alpha value is -2.88. The number of benzene rings is 2. The first-order chi connectivity index (χ1) is 12.1. The number of allylic oxidation sites excluding steroid dienone is 2. The van der Waals surface area contributed by atoms with E-state index in [1.165, 1.54) is 0 Å². The van der Waals surface area contributed by atoms with Crippen molar-refractivity contribution >= 4 is 11.7 Å². The molecular formula is C21H21NO3. The molecule has 2 aromatic rings. The van der Waals surface area contributed by atoms with Crippen LogP contribution in [0.25, 0.3) is 0 Å². The van der Waals surface area contributed by atoms with Crippen LogP contribution in [0.3, 0.4) is 0 Å². The number of methoxy groups -OCH3 is 1. The fourth-order valence-corrected chi connectivity index (χ4v) is 3.25. The zero-order chi connectivity index (χ0) is 17.8.